The second-order valence-electron chi connectivity index (χ2n) is 8.14. The van der Waals surface area contributed by atoms with Crippen molar-refractivity contribution in [3.05, 3.63) is 65.2 Å². The Morgan fingerprint density at radius 1 is 0.943 bits per heavy atom. The molecule has 1 N–H and O–H groups in total. The number of hydrogen-bond acceptors (Lipinski definition) is 8. The second-order valence-corrected chi connectivity index (χ2v) is 9.14. The van der Waals surface area contributed by atoms with E-state index in [1.165, 1.54) is 0 Å². The molecule has 8 nitrogen and oxygen atoms in total. The fraction of sp³-hybridized carbons (Fsp3) is 0.346. The van der Waals surface area contributed by atoms with Gasteiger partial charge in [-0.3, -0.25) is 9.67 Å². The van der Waals surface area contributed by atoms with Crippen LogP contribution in [-0.4, -0.2) is 41.1 Å². The first-order valence-corrected chi connectivity index (χ1v) is 12.3. The van der Waals surface area contributed by atoms with Crippen molar-refractivity contribution in [2.45, 2.75) is 39.8 Å². The van der Waals surface area contributed by atoms with Gasteiger partial charge in [0.05, 0.1) is 31.9 Å². The van der Waals surface area contributed by atoms with Crippen LogP contribution >= 0.6 is 11.3 Å². The number of aryl methyl sites for hydroxylation is 4. The van der Waals surface area contributed by atoms with Crippen LogP contribution in [0.3, 0.4) is 0 Å². The SMILES string of the molecule is COc1cc(OC)c(OC)cc1CNc1nc(C)c(-c2ccn(CCCc3cccc(C)n3)n2)s1. The molecule has 0 spiro atoms. The predicted octanol–water partition coefficient (Wildman–Crippen LogP) is 5.29. The fourth-order valence-corrected chi connectivity index (χ4v) is 4.81. The van der Waals surface area contributed by atoms with Crippen LogP contribution in [0.5, 0.6) is 17.2 Å². The maximum absolute atomic E-state index is 5.53. The number of anilines is 1. The van der Waals surface area contributed by atoms with Crippen LogP contribution in [0.4, 0.5) is 5.13 Å². The van der Waals surface area contributed by atoms with Crippen molar-refractivity contribution in [2.75, 3.05) is 26.6 Å². The molecule has 0 fully saturated rings. The standard InChI is InChI=1S/C26H31N5O3S/c1-17-8-6-9-20(28-17)10-7-12-31-13-11-21(30-31)25-18(2)29-26(35-25)27-16-19-14-23(33-4)24(34-5)15-22(19)32-3/h6,8-9,11,13-15H,7,10,12,16H2,1-5H3,(H,27,29). The lowest BCUT2D eigenvalue weighted by Crippen LogP contribution is -2.03. The van der Waals surface area contributed by atoms with Crippen molar-refractivity contribution in [2.24, 2.45) is 0 Å². The molecule has 3 heterocycles. The van der Waals surface area contributed by atoms with E-state index in [0.29, 0.717) is 18.0 Å². The number of nitrogens with zero attached hydrogens (tertiary/aromatic N) is 4. The van der Waals surface area contributed by atoms with Gasteiger partial charge in [-0.05, 0) is 51.0 Å². The van der Waals surface area contributed by atoms with Crippen molar-refractivity contribution in [3.63, 3.8) is 0 Å². The zero-order chi connectivity index (χ0) is 24.8. The summed E-state index contributed by atoms with van der Waals surface area (Å²) in [5, 5.41) is 9.02. The van der Waals surface area contributed by atoms with Gasteiger partial charge in [0, 0.05) is 42.3 Å². The molecule has 0 amide bonds. The first-order chi connectivity index (χ1) is 17.0. The normalized spacial score (nSPS) is 10.9. The highest BCUT2D eigenvalue weighted by Gasteiger charge is 2.15. The third kappa shape index (κ3) is 5.92. The van der Waals surface area contributed by atoms with Gasteiger partial charge in [0.25, 0.3) is 0 Å². The molecule has 0 aliphatic rings. The first-order valence-electron chi connectivity index (χ1n) is 11.5. The number of methoxy groups -OCH3 is 3. The Balaban J connectivity index is 1.40. The van der Waals surface area contributed by atoms with Crippen LogP contribution in [-0.2, 0) is 19.5 Å². The summed E-state index contributed by atoms with van der Waals surface area (Å²) in [6, 6.07) is 12.0. The highest BCUT2D eigenvalue weighted by Crippen LogP contribution is 2.36. The van der Waals surface area contributed by atoms with Crippen molar-refractivity contribution in [1.82, 2.24) is 19.7 Å². The molecule has 4 aromatic rings. The smallest absolute Gasteiger partial charge is 0.183 e. The Bertz CT molecular complexity index is 1280. The average molecular weight is 494 g/mol. The predicted molar refractivity (Wildman–Crippen MR) is 139 cm³/mol. The molecular weight excluding hydrogens is 462 g/mol. The number of nitrogens with one attached hydrogen (secondary N) is 1. The second kappa shape index (κ2) is 11.2. The lowest BCUT2D eigenvalue weighted by molar-refractivity contribution is 0.347. The van der Waals surface area contributed by atoms with Crippen LogP contribution < -0.4 is 19.5 Å². The summed E-state index contributed by atoms with van der Waals surface area (Å²) in [6.45, 7) is 5.42. The van der Waals surface area contributed by atoms with Gasteiger partial charge < -0.3 is 19.5 Å². The summed E-state index contributed by atoms with van der Waals surface area (Å²) >= 11 is 1.59. The maximum atomic E-state index is 5.53. The minimum atomic E-state index is 0.539. The van der Waals surface area contributed by atoms with Gasteiger partial charge in [0.1, 0.15) is 11.4 Å². The molecule has 0 bridgehead atoms. The molecule has 0 unspecified atom stereocenters. The Labute approximate surface area is 209 Å². The summed E-state index contributed by atoms with van der Waals surface area (Å²) in [6.07, 6.45) is 3.95. The highest BCUT2D eigenvalue weighted by molar-refractivity contribution is 7.19. The summed E-state index contributed by atoms with van der Waals surface area (Å²) in [5.41, 5.74) is 5.01. The maximum Gasteiger partial charge on any atom is 0.183 e. The quantitative estimate of drug-likeness (QED) is 0.304. The fourth-order valence-electron chi connectivity index (χ4n) is 3.88. The number of ether oxygens (including phenoxy) is 3. The van der Waals surface area contributed by atoms with Gasteiger partial charge in [-0.1, -0.05) is 17.4 Å². The highest BCUT2D eigenvalue weighted by atomic mass is 32.1. The lowest BCUT2D eigenvalue weighted by Gasteiger charge is -2.14. The van der Waals surface area contributed by atoms with Gasteiger partial charge >= 0.3 is 0 Å². The van der Waals surface area contributed by atoms with E-state index in [4.69, 9.17) is 24.3 Å². The molecule has 0 saturated carbocycles. The van der Waals surface area contributed by atoms with Crippen LogP contribution in [0.25, 0.3) is 10.6 Å². The summed E-state index contributed by atoms with van der Waals surface area (Å²) in [7, 11) is 4.87. The van der Waals surface area contributed by atoms with E-state index in [-0.39, 0.29) is 0 Å². The summed E-state index contributed by atoms with van der Waals surface area (Å²) in [4.78, 5) is 10.3. The molecule has 0 radical (unpaired) electrons. The largest absolute Gasteiger partial charge is 0.496 e. The third-order valence-corrected chi connectivity index (χ3v) is 6.79. The van der Waals surface area contributed by atoms with Crippen LogP contribution in [0.2, 0.25) is 0 Å². The molecule has 1 aromatic carbocycles. The number of pyridine rings is 1. The number of aromatic nitrogens is 4. The first kappa shape index (κ1) is 24.5. The minimum absolute atomic E-state index is 0.539. The molecule has 35 heavy (non-hydrogen) atoms. The number of benzene rings is 1. The topological polar surface area (TPSA) is 83.3 Å². The van der Waals surface area contributed by atoms with Crippen molar-refractivity contribution in [1.29, 1.82) is 0 Å². The van der Waals surface area contributed by atoms with E-state index in [1.54, 1.807) is 32.7 Å². The van der Waals surface area contributed by atoms with Gasteiger partial charge in [0.2, 0.25) is 0 Å². The Morgan fingerprint density at radius 3 is 2.46 bits per heavy atom. The monoisotopic (exact) mass is 493 g/mol. The number of rotatable bonds is 11. The van der Waals surface area contributed by atoms with Crippen molar-refractivity contribution >= 4 is 16.5 Å². The molecule has 0 aliphatic carbocycles. The summed E-state index contributed by atoms with van der Waals surface area (Å²) in [5.74, 6) is 2.01. The van der Waals surface area contributed by atoms with E-state index in [2.05, 4.69) is 22.4 Å². The molecule has 0 saturated heterocycles. The van der Waals surface area contributed by atoms with E-state index in [0.717, 1.165) is 63.5 Å². The van der Waals surface area contributed by atoms with E-state index >= 15 is 0 Å². The molecule has 184 valence electrons. The van der Waals surface area contributed by atoms with Crippen LogP contribution in [0.15, 0.2) is 42.6 Å². The van der Waals surface area contributed by atoms with Gasteiger partial charge in [-0.15, -0.1) is 0 Å². The molecule has 9 heteroatoms. The number of hydrogen-bond donors (Lipinski definition) is 1. The summed E-state index contributed by atoms with van der Waals surface area (Å²) < 4.78 is 18.3. The van der Waals surface area contributed by atoms with Crippen molar-refractivity contribution in [3.8, 4) is 27.8 Å². The Hall–Kier alpha value is -3.59. The molecule has 0 atom stereocenters. The molecule has 3 aromatic heterocycles. The van der Waals surface area contributed by atoms with E-state index in [9.17, 15) is 0 Å². The zero-order valence-corrected chi connectivity index (χ0v) is 21.6. The minimum Gasteiger partial charge on any atom is -0.496 e. The third-order valence-electron chi connectivity index (χ3n) is 5.65. The van der Waals surface area contributed by atoms with Gasteiger partial charge in [-0.25, -0.2) is 4.98 Å². The molecule has 0 aliphatic heterocycles. The Kier molecular flexibility index (Phi) is 7.87. The average Bonchev–Trinajstić information content (AvgIpc) is 3.48. The lowest BCUT2D eigenvalue weighted by atomic mass is 10.1. The van der Waals surface area contributed by atoms with Crippen molar-refractivity contribution < 1.29 is 14.2 Å². The van der Waals surface area contributed by atoms with E-state index < -0.39 is 0 Å². The van der Waals surface area contributed by atoms with Gasteiger partial charge in [0.15, 0.2) is 16.6 Å². The zero-order valence-electron chi connectivity index (χ0n) is 20.8. The van der Waals surface area contributed by atoms with Gasteiger partial charge in [-0.2, -0.15) is 5.10 Å². The van der Waals surface area contributed by atoms with Crippen LogP contribution in [0, 0.1) is 13.8 Å². The van der Waals surface area contributed by atoms with E-state index in [1.807, 2.05) is 49.0 Å². The number of thiazole rings is 1. The molecule has 4 rings (SSSR count). The van der Waals surface area contributed by atoms with Crippen LogP contribution in [0.1, 0.15) is 29.1 Å². The molecular formula is C26H31N5O3S. The Morgan fingerprint density at radius 2 is 1.71 bits per heavy atom.